The van der Waals surface area contributed by atoms with Crippen molar-refractivity contribution >= 4 is 29.1 Å². The van der Waals surface area contributed by atoms with Crippen molar-refractivity contribution in [2.24, 2.45) is 0 Å². The van der Waals surface area contributed by atoms with Crippen molar-refractivity contribution in [2.45, 2.75) is 26.4 Å². The lowest BCUT2D eigenvalue weighted by Gasteiger charge is -2.37. The molecular weight excluding hydrogens is 302 g/mol. The molecule has 0 aliphatic carbocycles. The van der Waals surface area contributed by atoms with Crippen LogP contribution in [0.4, 0.5) is 16.2 Å². The lowest BCUT2D eigenvalue weighted by Crippen LogP contribution is -2.50. The van der Waals surface area contributed by atoms with Crippen LogP contribution in [0.1, 0.15) is 20.8 Å². The fourth-order valence-electron chi connectivity index (χ4n) is 2.28. The zero-order valence-electron chi connectivity index (χ0n) is 13.1. The number of nitrogens with zero attached hydrogens (tertiary/aromatic N) is 3. The molecule has 0 spiro atoms. The molecule has 0 N–H and O–H groups in total. The average Bonchev–Trinajstić information content (AvgIpc) is 2.45. The van der Waals surface area contributed by atoms with Gasteiger partial charge in [-0.25, -0.2) is 9.64 Å². The first kappa shape index (κ1) is 16.4. The van der Waals surface area contributed by atoms with Crippen molar-refractivity contribution in [2.75, 3.05) is 31.1 Å². The smallest absolute Gasteiger partial charge is 0.410 e. The molecule has 6 heteroatoms. The SMILES string of the molecule is [C-]#[N+]c1ccc(N2CCN(C(=O)OC(C)(C)C)CC2)c(Cl)c1. The number of benzene rings is 1. The summed E-state index contributed by atoms with van der Waals surface area (Å²) in [6, 6.07) is 5.29. The van der Waals surface area contributed by atoms with Crippen LogP contribution in [0.5, 0.6) is 0 Å². The van der Waals surface area contributed by atoms with Gasteiger partial charge in [-0.3, -0.25) is 0 Å². The number of rotatable bonds is 1. The minimum absolute atomic E-state index is 0.276. The van der Waals surface area contributed by atoms with E-state index >= 15 is 0 Å². The highest BCUT2D eigenvalue weighted by Crippen LogP contribution is 2.30. The molecule has 0 unspecified atom stereocenters. The number of amides is 1. The van der Waals surface area contributed by atoms with Crippen molar-refractivity contribution in [1.29, 1.82) is 0 Å². The molecule has 1 heterocycles. The number of carbonyl (C=O) groups excluding carboxylic acids is 1. The van der Waals surface area contributed by atoms with Gasteiger partial charge in [-0.05, 0) is 32.9 Å². The third-order valence-corrected chi connectivity index (χ3v) is 3.64. The Morgan fingerprint density at radius 3 is 2.41 bits per heavy atom. The second-order valence-corrected chi connectivity index (χ2v) is 6.61. The molecule has 2 rings (SSSR count). The Labute approximate surface area is 136 Å². The van der Waals surface area contributed by atoms with Crippen LogP contribution in [0.25, 0.3) is 4.85 Å². The van der Waals surface area contributed by atoms with Crippen LogP contribution in [-0.2, 0) is 4.74 Å². The Hall–Kier alpha value is -1.93. The molecule has 5 nitrogen and oxygen atoms in total. The molecule has 1 saturated heterocycles. The molecule has 1 aliphatic heterocycles. The molecule has 0 saturated carbocycles. The van der Waals surface area contributed by atoms with E-state index in [-0.39, 0.29) is 6.09 Å². The lowest BCUT2D eigenvalue weighted by molar-refractivity contribution is 0.0240. The standard InChI is InChI=1S/C16H20ClN3O2/c1-16(2,3)22-15(21)20-9-7-19(8-10-20)14-6-5-12(18-4)11-13(14)17/h5-6,11H,7-10H2,1-3H3. The van der Waals surface area contributed by atoms with Gasteiger partial charge in [0.15, 0.2) is 5.69 Å². The maximum atomic E-state index is 12.0. The minimum Gasteiger partial charge on any atom is -0.444 e. The Morgan fingerprint density at radius 1 is 1.27 bits per heavy atom. The van der Waals surface area contributed by atoms with Gasteiger partial charge >= 0.3 is 6.09 Å². The summed E-state index contributed by atoms with van der Waals surface area (Å²) in [5.74, 6) is 0. The number of carbonyl (C=O) groups is 1. The van der Waals surface area contributed by atoms with Crippen molar-refractivity contribution < 1.29 is 9.53 Å². The van der Waals surface area contributed by atoms with Crippen molar-refractivity contribution in [3.05, 3.63) is 34.6 Å². The molecule has 118 valence electrons. The third kappa shape index (κ3) is 4.05. The molecule has 1 amide bonds. The highest BCUT2D eigenvalue weighted by molar-refractivity contribution is 6.33. The molecule has 0 aromatic heterocycles. The van der Waals surface area contributed by atoms with Gasteiger partial charge in [0.2, 0.25) is 0 Å². The lowest BCUT2D eigenvalue weighted by atomic mass is 10.2. The predicted molar refractivity (Wildman–Crippen MR) is 87.7 cm³/mol. The fourth-order valence-corrected chi connectivity index (χ4v) is 2.57. The number of halogens is 1. The van der Waals surface area contributed by atoms with E-state index in [4.69, 9.17) is 22.9 Å². The van der Waals surface area contributed by atoms with Gasteiger partial charge in [0.05, 0.1) is 17.3 Å². The van der Waals surface area contributed by atoms with Crippen LogP contribution in [0.3, 0.4) is 0 Å². The van der Waals surface area contributed by atoms with E-state index in [1.807, 2.05) is 26.8 Å². The maximum Gasteiger partial charge on any atom is 0.410 e. The number of anilines is 1. The Morgan fingerprint density at radius 2 is 1.91 bits per heavy atom. The maximum absolute atomic E-state index is 12.0. The zero-order chi connectivity index (χ0) is 16.3. The largest absolute Gasteiger partial charge is 0.444 e. The molecule has 0 atom stereocenters. The summed E-state index contributed by atoms with van der Waals surface area (Å²) in [7, 11) is 0. The number of piperazine rings is 1. The molecule has 22 heavy (non-hydrogen) atoms. The van der Waals surface area contributed by atoms with Crippen LogP contribution in [0.15, 0.2) is 18.2 Å². The number of hydrogen-bond donors (Lipinski definition) is 0. The van der Waals surface area contributed by atoms with E-state index in [1.165, 1.54) is 0 Å². The summed E-state index contributed by atoms with van der Waals surface area (Å²) >= 11 is 6.24. The summed E-state index contributed by atoms with van der Waals surface area (Å²) in [5.41, 5.74) is 0.951. The van der Waals surface area contributed by atoms with Crippen molar-refractivity contribution in [3.8, 4) is 0 Å². The van der Waals surface area contributed by atoms with Crippen LogP contribution in [0, 0.1) is 6.57 Å². The molecule has 1 fully saturated rings. The summed E-state index contributed by atoms with van der Waals surface area (Å²) < 4.78 is 5.38. The summed E-state index contributed by atoms with van der Waals surface area (Å²) in [6.07, 6.45) is -0.276. The van der Waals surface area contributed by atoms with Gasteiger partial charge in [0.1, 0.15) is 5.60 Å². The summed E-state index contributed by atoms with van der Waals surface area (Å²) in [6.45, 7) is 15.1. The first-order chi connectivity index (χ1) is 10.3. The summed E-state index contributed by atoms with van der Waals surface area (Å²) in [4.78, 5) is 19.2. The van der Waals surface area contributed by atoms with E-state index in [0.717, 1.165) is 5.69 Å². The average molecular weight is 322 g/mol. The summed E-state index contributed by atoms with van der Waals surface area (Å²) in [5, 5.41) is 0.569. The van der Waals surface area contributed by atoms with E-state index in [2.05, 4.69) is 9.74 Å². The Balaban J connectivity index is 1.98. The van der Waals surface area contributed by atoms with Gasteiger partial charge in [0, 0.05) is 26.2 Å². The van der Waals surface area contributed by atoms with Crippen LogP contribution in [-0.4, -0.2) is 42.8 Å². The number of ether oxygens (including phenoxy) is 1. The highest BCUT2D eigenvalue weighted by atomic mass is 35.5. The monoisotopic (exact) mass is 321 g/mol. The topological polar surface area (TPSA) is 37.1 Å². The molecule has 0 radical (unpaired) electrons. The fraction of sp³-hybridized carbons (Fsp3) is 0.500. The predicted octanol–water partition coefficient (Wildman–Crippen LogP) is 3.95. The first-order valence-corrected chi connectivity index (χ1v) is 7.58. The molecule has 1 aromatic carbocycles. The zero-order valence-corrected chi connectivity index (χ0v) is 13.9. The quantitative estimate of drug-likeness (QED) is 0.735. The van der Waals surface area contributed by atoms with Gasteiger partial charge in [0.25, 0.3) is 0 Å². The molecule has 1 aliphatic rings. The van der Waals surface area contributed by atoms with Gasteiger partial charge in [-0.2, -0.15) is 0 Å². The van der Waals surface area contributed by atoms with Crippen LogP contribution >= 0.6 is 11.6 Å². The third-order valence-electron chi connectivity index (χ3n) is 3.33. The van der Waals surface area contributed by atoms with Gasteiger partial charge in [-0.15, -0.1) is 0 Å². The number of hydrogen-bond acceptors (Lipinski definition) is 3. The van der Waals surface area contributed by atoms with Crippen molar-refractivity contribution in [1.82, 2.24) is 4.90 Å². The second kappa shape index (κ2) is 6.45. The molecule has 1 aromatic rings. The van der Waals surface area contributed by atoms with Crippen LogP contribution < -0.4 is 4.90 Å². The normalized spacial score (nSPS) is 15.4. The Kier molecular flexibility index (Phi) is 4.82. The Bertz CT molecular complexity index is 596. The first-order valence-electron chi connectivity index (χ1n) is 7.20. The minimum atomic E-state index is -0.479. The van der Waals surface area contributed by atoms with E-state index in [0.29, 0.717) is 36.9 Å². The van der Waals surface area contributed by atoms with Gasteiger partial charge < -0.3 is 14.5 Å². The van der Waals surface area contributed by atoms with Crippen molar-refractivity contribution in [3.63, 3.8) is 0 Å². The highest BCUT2D eigenvalue weighted by Gasteiger charge is 2.26. The van der Waals surface area contributed by atoms with E-state index in [1.54, 1.807) is 17.0 Å². The van der Waals surface area contributed by atoms with Gasteiger partial charge in [-0.1, -0.05) is 17.7 Å². The van der Waals surface area contributed by atoms with E-state index in [9.17, 15) is 4.79 Å². The molecule has 0 bridgehead atoms. The molecular formula is C16H20ClN3O2. The van der Waals surface area contributed by atoms with E-state index < -0.39 is 5.60 Å². The van der Waals surface area contributed by atoms with Crippen LogP contribution in [0.2, 0.25) is 5.02 Å². The second-order valence-electron chi connectivity index (χ2n) is 6.20.